The molecule has 218 valence electrons. The Balaban J connectivity index is 1.63. The number of methoxy groups -OCH3 is 2. The standard InChI is InChI=1S/C30H31F3N2O6/c1-38-26-14-13-24(41-30(31,32)33)15-22(26)17-34-25-16-23(28(36)39-2)18-35(27(25)21-11-7-4-8-12-21)29(37)40-19-20-9-5-3-6-10-20/h3-15,23,25,27,34H,16-19H2,1-2H3/t23-,25-,27+/m1/s1. The van der Waals surface area contributed by atoms with E-state index in [2.05, 4.69) is 10.1 Å². The summed E-state index contributed by atoms with van der Waals surface area (Å²) in [6.45, 7) is 0.172. The average molecular weight is 573 g/mol. The van der Waals surface area contributed by atoms with Crippen LogP contribution < -0.4 is 14.8 Å². The molecule has 8 nitrogen and oxygen atoms in total. The van der Waals surface area contributed by atoms with Crippen LogP contribution in [0.2, 0.25) is 0 Å². The number of carbonyl (C=O) groups is 2. The Hall–Kier alpha value is -4.25. The van der Waals surface area contributed by atoms with Gasteiger partial charge < -0.3 is 24.3 Å². The highest BCUT2D eigenvalue weighted by molar-refractivity contribution is 5.75. The molecule has 0 aromatic heterocycles. The van der Waals surface area contributed by atoms with E-state index in [0.29, 0.717) is 17.7 Å². The summed E-state index contributed by atoms with van der Waals surface area (Å²) in [5, 5.41) is 3.34. The molecule has 1 amide bonds. The van der Waals surface area contributed by atoms with E-state index in [0.717, 1.165) is 11.1 Å². The Morgan fingerprint density at radius 3 is 2.29 bits per heavy atom. The van der Waals surface area contributed by atoms with Crippen LogP contribution >= 0.6 is 0 Å². The van der Waals surface area contributed by atoms with Gasteiger partial charge in [-0.05, 0) is 35.7 Å². The predicted molar refractivity (Wildman–Crippen MR) is 143 cm³/mol. The molecule has 4 rings (SSSR count). The van der Waals surface area contributed by atoms with Gasteiger partial charge in [0.1, 0.15) is 18.1 Å². The molecule has 41 heavy (non-hydrogen) atoms. The lowest BCUT2D eigenvalue weighted by molar-refractivity contribution is -0.274. The van der Waals surface area contributed by atoms with Crippen LogP contribution in [0.5, 0.6) is 11.5 Å². The van der Waals surface area contributed by atoms with Gasteiger partial charge in [-0.25, -0.2) is 4.79 Å². The molecule has 1 fully saturated rings. The highest BCUT2D eigenvalue weighted by atomic mass is 19.4. The molecular weight excluding hydrogens is 541 g/mol. The van der Waals surface area contributed by atoms with Gasteiger partial charge in [0.25, 0.3) is 0 Å². The van der Waals surface area contributed by atoms with Crippen molar-refractivity contribution < 1.29 is 41.7 Å². The molecule has 1 heterocycles. The minimum absolute atomic E-state index is 0.0435. The molecule has 0 aliphatic carbocycles. The van der Waals surface area contributed by atoms with Crippen molar-refractivity contribution in [1.82, 2.24) is 10.2 Å². The van der Waals surface area contributed by atoms with Crippen molar-refractivity contribution in [2.24, 2.45) is 5.92 Å². The molecule has 11 heteroatoms. The van der Waals surface area contributed by atoms with E-state index in [1.165, 1.54) is 37.3 Å². The summed E-state index contributed by atoms with van der Waals surface area (Å²) < 4.78 is 58.7. The van der Waals surface area contributed by atoms with Crippen LogP contribution in [0.3, 0.4) is 0 Å². The van der Waals surface area contributed by atoms with E-state index in [1.54, 1.807) is 0 Å². The number of hydrogen-bond donors (Lipinski definition) is 1. The molecular formula is C30H31F3N2O6. The molecule has 1 saturated heterocycles. The quantitative estimate of drug-likeness (QED) is 0.333. The molecule has 3 atom stereocenters. The van der Waals surface area contributed by atoms with E-state index in [1.807, 2.05) is 60.7 Å². The van der Waals surface area contributed by atoms with Crippen LogP contribution in [0.25, 0.3) is 0 Å². The van der Waals surface area contributed by atoms with Gasteiger partial charge in [-0.3, -0.25) is 9.69 Å². The molecule has 3 aromatic rings. The topological polar surface area (TPSA) is 86.3 Å². The van der Waals surface area contributed by atoms with E-state index in [-0.39, 0.29) is 19.7 Å². The second-order valence-electron chi connectivity index (χ2n) is 9.51. The maximum Gasteiger partial charge on any atom is 0.573 e. The summed E-state index contributed by atoms with van der Waals surface area (Å²) in [5.41, 5.74) is 2.01. The molecule has 1 N–H and O–H groups in total. The number of amides is 1. The first-order valence-corrected chi connectivity index (χ1v) is 12.9. The summed E-state index contributed by atoms with van der Waals surface area (Å²) >= 11 is 0. The van der Waals surface area contributed by atoms with Crippen LogP contribution in [-0.2, 0) is 27.4 Å². The summed E-state index contributed by atoms with van der Waals surface area (Å²) in [6, 6.07) is 21.2. The average Bonchev–Trinajstić information content (AvgIpc) is 2.98. The van der Waals surface area contributed by atoms with Crippen molar-refractivity contribution in [3.05, 3.63) is 95.6 Å². The van der Waals surface area contributed by atoms with Crippen molar-refractivity contribution in [3.63, 3.8) is 0 Å². The van der Waals surface area contributed by atoms with E-state index >= 15 is 0 Å². The Morgan fingerprint density at radius 1 is 0.976 bits per heavy atom. The van der Waals surface area contributed by atoms with Crippen LogP contribution in [0.4, 0.5) is 18.0 Å². The van der Waals surface area contributed by atoms with Crippen molar-refractivity contribution in [2.45, 2.75) is 38.0 Å². The summed E-state index contributed by atoms with van der Waals surface area (Å²) in [7, 11) is 2.69. The maximum absolute atomic E-state index is 13.5. The molecule has 1 aliphatic heterocycles. The minimum atomic E-state index is -4.85. The molecule has 0 spiro atoms. The number of benzene rings is 3. The van der Waals surface area contributed by atoms with E-state index in [4.69, 9.17) is 14.2 Å². The highest BCUT2D eigenvalue weighted by Gasteiger charge is 2.43. The summed E-state index contributed by atoms with van der Waals surface area (Å²) in [6.07, 6.45) is -5.16. The van der Waals surface area contributed by atoms with Gasteiger partial charge in [0.15, 0.2) is 0 Å². The van der Waals surface area contributed by atoms with Crippen molar-refractivity contribution >= 4 is 12.1 Å². The zero-order valence-corrected chi connectivity index (χ0v) is 22.6. The van der Waals surface area contributed by atoms with Crippen LogP contribution in [0.1, 0.15) is 29.2 Å². The monoisotopic (exact) mass is 572 g/mol. The van der Waals surface area contributed by atoms with Crippen LogP contribution in [0, 0.1) is 5.92 Å². The molecule has 0 saturated carbocycles. The SMILES string of the molecule is COC(=O)[C@@H]1C[C@@H](NCc2cc(OC(F)(F)F)ccc2OC)[C@H](c2ccccc2)N(C(=O)OCc2ccccc2)C1. The number of nitrogens with one attached hydrogen (secondary N) is 1. The predicted octanol–water partition coefficient (Wildman–Crippen LogP) is 5.63. The Morgan fingerprint density at radius 2 is 1.66 bits per heavy atom. The van der Waals surface area contributed by atoms with Gasteiger partial charge in [-0.2, -0.15) is 0 Å². The fourth-order valence-electron chi connectivity index (χ4n) is 4.99. The van der Waals surface area contributed by atoms with Crippen molar-refractivity contribution in [2.75, 3.05) is 20.8 Å². The van der Waals surface area contributed by atoms with Gasteiger partial charge in [-0.15, -0.1) is 13.2 Å². The molecule has 3 aromatic carbocycles. The molecule has 0 radical (unpaired) electrons. The number of ether oxygens (including phenoxy) is 4. The first-order chi connectivity index (χ1) is 19.7. The molecule has 0 bridgehead atoms. The van der Waals surface area contributed by atoms with Crippen LogP contribution in [-0.4, -0.2) is 50.1 Å². The lowest BCUT2D eigenvalue weighted by Gasteiger charge is -2.44. The Labute approximate surface area is 236 Å². The zero-order chi connectivity index (χ0) is 29.4. The second-order valence-corrected chi connectivity index (χ2v) is 9.51. The zero-order valence-electron chi connectivity index (χ0n) is 22.6. The number of halogens is 3. The highest BCUT2D eigenvalue weighted by Crippen LogP contribution is 2.36. The number of hydrogen-bond acceptors (Lipinski definition) is 7. The normalized spacial score (nSPS) is 18.9. The van der Waals surface area contributed by atoms with Gasteiger partial charge >= 0.3 is 18.4 Å². The Kier molecular flexibility index (Phi) is 9.72. The molecule has 0 unspecified atom stereocenters. The lowest BCUT2D eigenvalue weighted by Crippen LogP contribution is -2.54. The fourth-order valence-corrected chi connectivity index (χ4v) is 4.99. The van der Waals surface area contributed by atoms with Gasteiger partial charge in [0.05, 0.1) is 26.2 Å². The number of alkyl halides is 3. The van der Waals surface area contributed by atoms with Crippen molar-refractivity contribution in [1.29, 1.82) is 0 Å². The van der Waals surface area contributed by atoms with Crippen LogP contribution in [0.15, 0.2) is 78.9 Å². The second kappa shape index (κ2) is 13.4. The molecule has 1 aliphatic rings. The van der Waals surface area contributed by atoms with Gasteiger partial charge in [-0.1, -0.05) is 60.7 Å². The van der Waals surface area contributed by atoms with E-state index < -0.39 is 42.2 Å². The summed E-state index contributed by atoms with van der Waals surface area (Å²) in [5.74, 6) is -1.19. The number of likely N-dealkylation sites (tertiary alicyclic amines) is 1. The number of piperidine rings is 1. The number of carbonyl (C=O) groups excluding carboxylic acids is 2. The number of esters is 1. The summed E-state index contributed by atoms with van der Waals surface area (Å²) in [4.78, 5) is 27.7. The number of rotatable bonds is 9. The largest absolute Gasteiger partial charge is 0.573 e. The third-order valence-corrected chi connectivity index (χ3v) is 6.83. The smallest absolute Gasteiger partial charge is 0.496 e. The minimum Gasteiger partial charge on any atom is -0.496 e. The maximum atomic E-state index is 13.5. The third-order valence-electron chi connectivity index (χ3n) is 6.83. The van der Waals surface area contributed by atoms with Crippen molar-refractivity contribution in [3.8, 4) is 11.5 Å². The lowest BCUT2D eigenvalue weighted by atomic mass is 9.84. The van der Waals surface area contributed by atoms with Gasteiger partial charge in [0, 0.05) is 24.7 Å². The third kappa shape index (κ3) is 7.91. The first-order valence-electron chi connectivity index (χ1n) is 12.9. The number of nitrogens with zero attached hydrogens (tertiary/aromatic N) is 1. The fraction of sp³-hybridized carbons (Fsp3) is 0.333. The first kappa shape index (κ1) is 29.7. The Bertz CT molecular complexity index is 1310. The van der Waals surface area contributed by atoms with E-state index in [9.17, 15) is 22.8 Å². The van der Waals surface area contributed by atoms with Gasteiger partial charge in [0.2, 0.25) is 0 Å².